The first-order chi connectivity index (χ1) is 10.6. The van der Waals surface area contributed by atoms with E-state index < -0.39 is 5.69 Å². The molecule has 2 N–H and O–H groups in total. The van der Waals surface area contributed by atoms with E-state index in [9.17, 15) is 9.59 Å². The number of hydrogen-bond acceptors (Lipinski definition) is 4. The fourth-order valence-corrected chi connectivity index (χ4v) is 1.99. The standard InChI is InChI=1S/C15H13N5O2/c1-10-7-13(19-15(22)17-10)18-14(21)11-8-16-20(9-11)12-5-3-2-4-6-12/h2-9H,1H3,(H2,17,18,19,21,22). The number of para-hydroxylation sites is 1. The zero-order chi connectivity index (χ0) is 15.5. The molecule has 3 rings (SSSR count). The van der Waals surface area contributed by atoms with E-state index in [2.05, 4.69) is 20.4 Å². The van der Waals surface area contributed by atoms with Crippen molar-refractivity contribution in [2.75, 3.05) is 5.32 Å². The summed E-state index contributed by atoms with van der Waals surface area (Å²) in [5.74, 6) is -0.168. The molecule has 0 atom stereocenters. The SMILES string of the molecule is Cc1cc(NC(=O)c2cnn(-c3ccccc3)c2)nc(=O)[nH]1. The van der Waals surface area contributed by atoms with Gasteiger partial charge in [0.05, 0.1) is 17.4 Å². The lowest BCUT2D eigenvalue weighted by atomic mass is 10.3. The summed E-state index contributed by atoms with van der Waals surface area (Å²) >= 11 is 0. The number of H-pyrrole nitrogens is 1. The summed E-state index contributed by atoms with van der Waals surface area (Å²) in [6.07, 6.45) is 3.08. The number of carbonyl (C=O) groups is 1. The van der Waals surface area contributed by atoms with Gasteiger partial charge in [0.2, 0.25) is 0 Å². The van der Waals surface area contributed by atoms with E-state index >= 15 is 0 Å². The number of anilines is 1. The van der Waals surface area contributed by atoms with Crippen molar-refractivity contribution in [1.29, 1.82) is 0 Å². The molecule has 2 heterocycles. The molecule has 7 nitrogen and oxygen atoms in total. The lowest BCUT2D eigenvalue weighted by Gasteiger charge is -2.02. The summed E-state index contributed by atoms with van der Waals surface area (Å²) in [6, 6.07) is 11.0. The highest BCUT2D eigenvalue weighted by Crippen LogP contribution is 2.09. The number of aryl methyl sites for hydroxylation is 1. The molecule has 0 spiro atoms. The third kappa shape index (κ3) is 2.93. The van der Waals surface area contributed by atoms with E-state index in [1.807, 2.05) is 30.3 Å². The number of nitrogens with zero attached hydrogens (tertiary/aromatic N) is 3. The Morgan fingerprint density at radius 2 is 2.05 bits per heavy atom. The van der Waals surface area contributed by atoms with Gasteiger partial charge in [0.25, 0.3) is 5.91 Å². The second kappa shape index (κ2) is 5.65. The van der Waals surface area contributed by atoms with Crippen LogP contribution in [-0.2, 0) is 0 Å². The highest BCUT2D eigenvalue weighted by molar-refractivity contribution is 6.03. The van der Waals surface area contributed by atoms with Gasteiger partial charge in [-0.05, 0) is 19.1 Å². The van der Waals surface area contributed by atoms with Crippen molar-refractivity contribution in [1.82, 2.24) is 19.7 Å². The number of rotatable bonds is 3. The smallest absolute Gasteiger partial charge is 0.310 e. The molecule has 0 saturated carbocycles. The zero-order valence-corrected chi connectivity index (χ0v) is 11.8. The molecule has 0 unspecified atom stereocenters. The molecular formula is C15H13N5O2. The summed E-state index contributed by atoms with van der Waals surface area (Å²) in [6.45, 7) is 1.71. The molecular weight excluding hydrogens is 282 g/mol. The van der Waals surface area contributed by atoms with E-state index in [1.54, 1.807) is 23.9 Å². The zero-order valence-electron chi connectivity index (χ0n) is 11.8. The summed E-state index contributed by atoms with van der Waals surface area (Å²) in [7, 11) is 0. The monoisotopic (exact) mass is 295 g/mol. The maximum Gasteiger partial charge on any atom is 0.347 e. The predicted molar refractivity (Wildman–Crippen MR) is 81.1 cm³/mol. The minimum absolute atomic E-state index is 0.207. The first kappa shape index (κ1) is 13.7. The van der Waals surface area contributed by atoms with Crippen molar-refractivity contribution in [2.24, 2.45) is 0 Å². The molecule has 3 aromatic rings. The Morgan fingerprint density at radius 1 is 1.27 bits per heavy atom. The van der Waals surface area contributed by atoms with E-state index in [4.69, 9.17) is 0 Å². The van der Waals surface area contributed by atoms with Gasteiger partial charge in [-0.3, -0.25) is 4.79 Å². The van der Waals surface area contributed by atoms with Crippen molar-refractivity contribution >= 4 is 11.7 Å². The molecule has 22 heavy (non-hydrogen) atoms. The van der Waals surface area contributed by atoms with Gasteiger partial charge < -0.3 is 10.3 Å². The third-order valence-electron chi connectivity index (χ3n) is 2.99. The number of nitrogens with one attached hydrogen (secondary N) is 2. The van der Waals surface area contributed by atoms with Crippen LogP contribution in [0.4, 0.5) is 5.82 Å². The average molecular weight is 295 g/mol. The maximum atomic E-state index is 12.2. The lowest BCUT2D eigenvalue weighted by Crippen LogP contribution is -2.18. The molecule has 0 aliphatic rings. The first-order valence-electron chi connectivity index (χ1n) is 6.61. The first-order valence-corrected chi connectivity index (χ1v) is 6.61. The molecule has 0 aliphatic heterocycles. The van der Waals surface area contributed by atoms with Crippen LogP contribution in [0.25, 0.3) is 5.69 Å². The number of amides is 1. The molecule has 1 aromatic carbocycles. The second-order valence-corrected chi connectivity index (χ2v) is 4.72. The summed E-state index contributed by atoms with van der Waals surface area (Å²) in [5.41, 5.74) is 1.35. The van der Waals surface area contributed by atoms with Crippen LogP contribution >= 0.6 is 0 Å². The van der Waals surface area contributed by atoms with Gasteiger partial charge in [-0.1, -0.05) is 18.2 Å². The fraction of sp³-hybridized carbons (Fsp3) is 0.0667. The van der Waals surface area contributed by atoms with Crippen LogP contribution in [0.1, 0.15) is 16.1 Å². The van der Waals surface area contributed by atoms with E-state index in [-0.39, 0.29) is 11.7 Å². The van der Waals surface area contributed by atoms with Gasteiger partial charge >= 0.3 is 5.69 Å². The second-order valence-electron chi connectivity index (χ2n) is 4.72. The van der Waals surface area contributed by atoms with Gasteiger partial charge in [-0.25, -0.2) is 9.48 Å². The van der Waals surface area contributed by atoms with Crippen LogP contribution in [0.3, 0.4) is 0 Å². The Labute approximate surface area is 125 Å². The summed E-state index contributed by atoms with van der Waals surface area (Å²) in [4.78, 5) is 29.7. The molecule has 0 aliphatic carbocycles. The molecule has 0 bridgehead atoms. The van der Waals surface area contributed by atoms with Gasteiger partial charge in [0.1, 0.15) is 5.82 Å². The number of hydrogen-bond donors (Lipinski definition) is 2. The van der Waals surface area contributed by atoms with Crippen molar-refractivity contribution in [2.45, 2.75) is 6.92 Å². The number of aromatic nitrogens is 4. The Balaban J connectivity index is 1.81. The van der Waals surface area contributed by atoms with Crippen LogP contribution in [0.2, 0.25) is 0 Å². The largest absolute Gasteiger partial charge is 0.347 e. The van der Waals surface area contributed by atoms with Gasteiger partial charge in [-0.15, -0.1) is 0 Å². The Morgan fingerprint density at radius 3 is 2.77 bits per heavy atom. The topological polar surface area (TPSA) is 92.7 Å². The molecule has 7 heteroatoms. The normalized spacial score (nSPS) is 10.4. The average Bonchev–Trinajstić information content (AvgIpc) is 2.97. The van der Waals surface area contributed by atoms with Crippen molar-refractivity contribution < 1.29 is 4.79 Å². The number of carbonyl (C=O) groups excluding carboxylic acids is 1. The van der Waals surface area contributed by atoms with Crippen LogP contribution in [0, 0.1) is 6.92 Å². The molecule has 0 radical (unpaired) electrons. The summed E-state index contributed by atoms with van der Waals surface area (Å²) < 4.78 is 1.60. The molecule has 0 saturated heterocycles. The van der Waals surface area contributed by atoms with Crippen LogP contribution in [0.15, 0.2) is 53.6 Å². The van der Waals surface area contributed by atoms with Gasteiger partial charge in [0, 0.05) is 18.0 Å². The van der Waals surface area contributed by atoms with Crippen molar-refractivity contribution in [3.05, 3.63) is 70.5 Å². The lowest BCUT2D eigenvalue weighted by molar-refractivity contribution is 0.102. The van der Waals surface area contributed by atoms with Crippen LogP contribution in [-0.4, -0.2) is 25.7 Å². The van der Waals surface area contributed by atoms with Gasteiger partial charge in [-0.2, -0.15) is 10.1 Å². The molecule has 2 aromatic heterocycles. The summed E-state index contributed by atoms with van der Waals surface area (Å²) in [5, 5.41) is 6.73. The quantitative estimate of drug-likeness (QED) is 0.766. The predicted octanol–water partition coefficient (Wildman–Crippen LogP) is 1.52. The van der Waals surface area contributed by atoms with E-state index in [0.29, 0.717) is 11.3 Å². The van der Waals surface area contributed by atoms with E-state index in [1.165, 1.54) is 6.20 Å². The minimum Gasteiger partial charge on any atom is -0.310 e. The van der Waals surface area contributed by atoms with Gasteiger partial charge in [0.15, 0.2) is 0 Å². The maximum absolute atomic E-state index is 12.2. The fourth-order valence-electron chi connectivity index (χ4n) is 1.99. The van der Waals surface area contributed by atoms with Crippen molar-refractivity contribution in [3.63, 3.8) is 0 Å². The minimum atomic E-state index is -0.504. The third-order valence-corrected chi connectivity index (χ3v) is 2.99. The highest BCUT2D eigenvalue weighted by Gasteiger charge is 2.11. The molecule has 1 amide bonds. The molecule has 0 fully saturated rings. The Bertz CT molecular complexity index is 867. The molecule has 110 valence electrons. The number of benzene rings is 1. The van der Waals surface area contributed by atoms with Crippen LogP contribution in [0.5, 0.6) is 0 Å². The highest BCUT2D eigenvalue weighted by atomic mass is 16.2. The van der Waals surface area contributed by atoms with E-state index in [0.717, 1.165) is 5.69 Å². The van der Waals surface area contributed by atoms with Crippen molar-refractivity contribution in [3.8, 4) is 5.69 Å². The Hall–Kier alpha value is -3.22. The number of aromatic amines is 1. The Kier molecular flexibility index (Phi) is 3.53. The van der Waals surface area contributed by atoms with Crippen LogP contribution < -0.4 is 11.0 Å².